The van der Waals surface area contributed by atoms with Gasteiger partial charge in [0.25, 0.3) is 0 Å². The normalized spacial score (nSPS) is 11.7. The van der Waals surface area contributed by atoms with Gasteiger partial charge in [0, 0.05) is 6.54 Å². The molecule has 0 bridgehead atoms. The van der Waals surface area contributed by atoms with Crippen molar-refractivity contribution in [1.82, 2.24) is 4.90 Å². The fraction of sp³-hybridized carbons (Fsp3) is 0.714. The molecule has 0 aromatic heterocycles. The Hall–Kier alpha value is -1.04. The van der Waals surface area contributed by atoms with Crippen molar-refractivity contribution < 1.29 is 4.79 Å². The summed E-state index contributed by atoms with van der Waals surface area (Å²) in [6, 6.07) is 1.70. The van der Waals surface area contributed by atoms with E-state index in [1.54, 1.807) is 6.92 Å². The van der Waals surface area contributed by atoms with E-state index in [1.165, 1.54) is 4.90 Å². The smallest absolute Gasteiger partial charge is 0.210 e. The standard InChI is InChI=1S/C7H12N2O/c1-3-4-9(6-10)7(2)5-8/h6-7H,3-4H2,1-2H3/t7-/m0/s1. The fourth-order valence-electron chi connectivity index (χ4n) is 0.670. The third-order valence-electron chi connectivity index (χ3n) is 1.30. The third-order valence-corrected chi connectivity index (χ3v) is 1.30. The van der Waals surface area contributed by atoms with Gasteiger partial charge in [-0.3, -0.25) is 4.79 Å². The van der Waals surface area contributed by atoms with E-state index < -0.39 is 0 Å². The van der Waals surface area contributed by atoms with Crippen LogP contribution in [0.5, 0.6) is 0 Å². The first-order valence-electron chi connectivity index (χ1n) is 3.37. The van der Waals surface area contributed by atoms with Crippen LogP contribution in [0.2, 0.25) is 0 Å². The van der Waals surface area contributed by atoms with Crippen LogP contribution in [0.15, 0.2) is 0 Å². The summed E-state index contributed by atoms with van der Waals surface area (Å²) in [5.41, 5.74) is 0. The highest BCUT2D eigenvalue weighted by Gasteiger charge is 2.07. The minimum atomic E-state index is -0.294. The maximum atomic E-state index is 10.3. The van der Waals surface area contributed by atoms with Crippen LogP contribution < -0.4 is 0 Å². The SMILES string of the molecule is CCCN(C=O)[C@@H](C)C#N. The van der Waals surface area contributed by atoms with Gasteiger partial charge in [-0.25, -0.2) is 0 Å². The minimum Gasteiger partial charge on any atom is -0.330 e. The first kappa shape index (κ1) is 8.96. The number of hydrogen-bond acceptors (Lipinski definition) is 2. The van der Waals surface area contributed by atoms with Crippen LogP contribution >= 0.6 is 0 Å². The quantitative estimate of drug-likeness (QED) is 0.541. The molecule has 0 aromatic rings. The van der Waals surface area contributed by atoms with Gasteiger partial charge in [0.2, 0.25) is 6.41 Å². The van der Waals surface area contributed by atoms with Crippen molar-refractivity contribution in [3.05, 3.63) is 0 Å². The molecule has 0 saturated heterocycles. The Balaban J connectivity index is 3.82. The molecule has 0 spiro atoms. The molecule has 0 N–H and O–H groups in total. The van der Waals surface area contributed by atoms with Gasteiger partial charge >= 0.3 is 0 Å². The number of carbonyl (C=O) groups excluding carboxylic acids is 1. The van der Waals surface area contributed by atoms with Crippen molar-refractivity contribution >= 4 is 6.41 Å². The number of nitrogens with zero attached hydrogens (tertiary/aromatic N) is 2. The summed E-state index contributed by atoms with van der Waals surface area (Å²) >= 11 is 0. The van der Waals surface area contributed by atoms with Gasteiger partial charge < -0.3 is 4.90 Å². The highest BCUT2D eigenvalue weighted by atomic mass is 16.1. The summed E-state index contributed by atoms with van der Waals surface area (Å²) in [6.07, 6.45) is 1.61. The van der Waals surface area contributed by atoms with Gasteiger partial charge in [0.1, 0.15) is 6.04 Å². The molecule has 0 fully saturated rings. The Morgan fingerprint density at radius 1 is 1.80 bits per heavy atom. The van der Waals surface area contributed by atoms with Crippen LogP contribution in [0.1, 0.15) is 20.3 Å². The van der Waals surface area contributed by atoms with Crippen LogP contribution in [0.25, 0.3) is 0 Å². The predicted molar refractivity (Wildman–Crippen MR) is 38.1 cm³/mol. The lowest BCUT2D eigenvalue weighted by Gasteiger charge is -2.17. The molecule has 3 heteroatoms. The summed E-state index contributed by atoms with van der Waals surface area (Å²) in [5.74, 6) is 0. The second kappa shape index (κ2) is 4.80. The molecule has 0 unspecified atom stereocenters. The first-order chi connectivity index (χ1) is 4.76. The van der Waals surface area contributed by atoms with Crippen LogP contribution in [0.4, 0.5) is 0 Å². The zero-order chi connectivity index (χ0) is 7.98. The van der Waals surface area contributed by atoms with Crippen molar-refractivity contribution in [3.63, 3.8) is 0 Å². The Morgan fingerprint density at radius 3 is 2.70 bits per heavy atom. The van der Waals surface area contributed by atoms with Gasteiger partial charge in [-0.1, -0.05) is 6.92 Å². The van der Waals surface area contributed by atoms with Crippen LogP contribution in [0, 0.1) is 11.3 Å². The largest absolute Gasteiger partial charge is 0.330 e. The number of hydrogen-bond donors (Lipinski definition) is 0. The molecule has 0 radical (unpaired) electrons. The molecule has 3 nitrogen and oxygen atoms in total. The average molecular weight is 140 g/mol. The number of rotatable bonds is 4. The predicted octanol–water partition coefficient (Wildman–Crippen LogP) is 0.767. The molecular formula is C7H12N2O. The van der Waals surface area contributed by atoms with Gasteiger partial charge in [0.15, 0.2) is 0 Å². The minimum absolute atomic E-state index is 0.294. The Bertz CT molecular complexity index is 139. The van der Waals surface area contributed by atoms with E-state index >= 15 is 0 Å². The lowest BCUT2D eigenvalue weighted by molar-refractivity contribution is -0.119. The lowest BCUT2D eigenvalue weighted by atomic mass is 10.3. The second-order valence-electron chi connectivity index (χ2n) is 2.15. The molecule has 10 heavy (non-hydrogen) atoms. The summed E-state index contributed by atoms with van der Waals surface area (Å²) in [6.45, 7) is 4.35. The fourth-order valence-corrected chi connectivity index (χ4v) is 0.670. The average Bonchev–Trinajstić information content (AvgIpc) is 1.99. The monoisotopic (exact) mass is 140 g/mol. The first-order valence-corrected chi connectivity index (χ1v) is 3.37. The number of amides is 1. The van der Waals surface area contributed by atoms with Gasteiger partial charge in [-0.2, -0.15) is 5.26 Å². The number of carbonyl (C=O) groups is 1. The van der Waals surface area contributed by atoms with Gasteiger partial charge in [-0.05, 0) is 13.3 Å². The van der Waals surface area contributed by atoms with E-state index in [0.29, 0.717) is 6.54 Å². The molecule has 0 rings (SSSR count). The van der Waals surface area contributed by atoms with E-state index in [9.17, 15) is 4.79 Å². The Labute approximate surface area is 61.2 Å². The van der Waals surface area contributed by atoms with Crippen molar-refractivity contribution in [3.8, 4) is 6.07 Å². The number of nitriles is 1. The van der Waals surface area contributed by atoms with Crippen molar-refractivity contribution in [2.45, 2.75) is 26.3 Å². The highest BCUT2D eigenvalue weighted by molar-refractivity contribution is 5.48. The van der Waals surface area contributed by atoms with E-state index in [2.05, 4.69) is 0 Å². The van der Waals surface area contributed by atoms with Crippen molar-refractivity contribution in [1.29, 1.82) is 5.26 Å². The van der Waals surface area contributed by atoms with E-state index in [1.807, 2.05) is 13.0 Å². The Morgan fingerprint density at radius 2 is 2.40 bits per heavy atom. The Kier molecular flexibility index (Phi) is 4.30. The summed E-state index contributed by atoms with van der Waals surface area (Å²) in [7, 11) is 0. The molecule has 0 saturated carbocycles. The van der Waals surface area contributed by atoms with Gasteiger partial charge in [-0.15, -0.1) is 0 Å². The zero-order valence-corrected chi connectivity index (χ0v) is 6.37. The zero-order valence-electron chi connectivity index (χ0n) is 6.37. The lowest BCUT2D eigenvalue weighted by Crippen LogP contribution is -2.31. The van der Waals surface area contributed by atoms with Crippen LogP contribution in [0.3, 0.4) is 0 Å². The second-order valence-corrected chi connectivity index (χ2v) is 2.15. The molecule has 0 heterocycles. The molecular weight excluding hydrogens is 128 g/mol. The molecule has 56 valence electrons. The molecule has 0 aliphatic rings. The summed E-state index contributed by atoms with van der Waals surface area (Å²) in [5, 5.41) is 8.41. The van der Waals surface area contributed by atoms with Crippen LogP contribution in [-0.2, 0) is 4.79 Å². The molecule has 1 atom stereocenters. The highest BCUT2D eigenvalue weighted by Crippen LogP contribution is 1.94. The molecule has 0 aliphatic carbocycles. The topological polar surface area (TPSA) is 44.1 Å². The van der Waals surface area contributed by atoms with Crippen molar-refractivity contribution in [2.75, 3.05) is 6.54 Å². The maximum Gasteiger partial charge on any atom is 0.210 e. The summed E-state index contributed by atoms with van der Waals surface area (Å²) < 4.78 is 0. The molecule has 0 aliphatic heterocycles. The molecule has 0 aromatic carbocycles. The third kappa shape index (κ3) is 2.49. The van der Waals surface area contributed by atoms with Crippen LogP contribution in [-0.4, -0.2) is 23.9 Å². The van der Waals surface area contributed by atoms with Gasteiger partial charge in [0.05, 0.1) is 6.07 Å². The van der Waals surface area contributed by atoms with E-state index in [0.717, 1.165) is 12.8 Å². The maximum absolute atomic E-state index is 10.3. The van der Waals surface area contributed by atoms with Crippen molar-refractivity contribution in [2.24, 2.45) is 0 Å². The van der Waals surface area contributed by atoms with E-state index in [4.69, 9.17) is 5.26 Å². The van der Waals surface area contributed by atoms with E-state index in [-0.39, 0.29) is 6.04 Å². The summed E-state index contributed by atoms with van der Waals surface area (Å²) in [4.78, 5) is 11.8. The molecule has 1 amide bonds.